The van der Waals surface area contributed by atoms with E-state index in [2.05, 4.69) is 6.92 Å². The van der Waals surface area contributed by atoms with Crippen molar-refractivity contribution in [1.82, 2.24) is 0 Å². The van der Waals surface area contributed by atoms with Crippen molar-refractivity contribution < 1.29 is 9.50 Å². The van der Waals surface area contributed by atoms with Crippen LogP contribution >= 0.6 is 0 Å². The van der Waals surface area contributed by atoms with Gasteiger partial charge >= 0.3 is 0 Å². The molecule has 0 aliphatic heterocycles. The van der Waals surface area contributed by atoms with Crippen LogP contribution in [-0.4, -0.2) is 17.4 Å². The second kappa shape index (κ2) is 7.00. The molecule has 88 valence electrons. The Labute approximate surface area is 92.4 Å². The summed E-state index contributed by atoms with van der Waals surface area (Å²) in [5.74, 6) is 0.362. The van der Waals surface area contributed by atoms with E-state index >= 15 is 0 Å². The van der Waals surface area contributed by atoms with E-state index in [0.717, 1.165) is 19.3 Å². The van der Waals surface area contributed by atoms with Crippen LogP contribution in [0.1, 0.15) is 51.9 Å². The molecule has 0 aromatic rings. The fourth-order valence-electron chi connectivity index (χ4n) is 2.12. The minimum atomic E-state index is -0.614. The van der Waals surface area contributed by atoms with Crippen molar-refractivity contribution in [2.75, 3.05) is 0 Å². The first kappa shape index (κ1) is 12.7. The molecule has 15 heavy (non-hydrogen) atoms. The standard InChI is InChI=1S/C13H23FO/c1-2-3-4-5-13(15)9-7-11-6-8-12(14)10-11/h7,9,11-13,15H,2-6,8,10H2,1H3/b9-7+/t11-,12?,13?/m1/s1. The van der Waals surface area contributed by atoms with Crippen molar-refractivity contribution in [3.8, 4) is 0 Å². The summed E-state index contributed by atoms with van der Waals surface area (Å²) in [5, 5.41) is 9.62. The lowest BCUT2D eigenvalue weighted by molar-refractivity contribution is 0.207. The van der Waals surface area contributed by atoms with Gasteiger partial charge in [0.05, 0.1) is 6.10 Å². The molecule has 0 aromatic heterocycles. The smallest absolute Gasteiger partial charge is 0.101 e. The molecular formula is C13H23FO. The van der Waals surface area contributed by atoms with Gasteiger partial charge in [0.1, 0.15) is 6.17 Å². The minimum Gasteiger partial charge on any atom is -0.389 e. The molecule has 1 aliphatic carbocycles. The van der Waals surface area contributed by atoms with Gasteiger partial charge in [-0.05, 0) is 31.6 Å². The summed E-state index contributed by atoms with van der Waals surface area (Å²) in [7, 11) is 0. The molecule has 0 bridgehead atoms. The van der Waals surface area contributed by atoms with Crippen molar-refractivity contribution in [2.45, 2.75) is 64.1 Å². The van der Waals surface area contributed by atoms with E-state index in [1.807, 2.05) is 12.2 Å². The summed E-state index contributed by atoms with van der Waals surface area (Å²) in [6, 6.07) is 0. The van der Waals surface area contributed by atoms with Crippen LogP contribution in [0.2, 0.25) is 0 Å². The average molecular weight is 214 g/mol. The molecule has 0 saturated heterocycles. The topological polar surface area (TPSA) is 20.2 Å². The number of rotatable bonds is 6. The van der Waals surface area contributed by atoms with Gasteiger partial charge in [0.2, 0.25) is 0 Å². The van der Waals surface area contributed by atoms with Gasteiger partial charge in [0.25, 0.3) is 0 Å². The lowest BCUT2D eigenvalue weighted by Gasteiger charge is -2.06. The number of halogens is 1. The zero-order chi connectivity index (χ0) is 11.1. The molecule has 1 rings (SSSR count). The van der Waals surface area contributed by atoms with Crippen molar-refractivity contribution in [3.05, 3.63) is 12.2 Å². The molecule has 1 fully saturated rings. The van der Waals surface area contributed by atoms with E-state index in [1.54, 1.807) is 0 Å². The molecule has 0 aromatic carbocycles. The molecule has 1 N–H and O–H groups in total. The van der Waals surface area contributed by atoms with Gasteiger partial charge in [-0.25, -0.2) is 4.39 Å². The van der Waals surface area contributed by atoms with Crippen LogP contribution < -0.4 is 0 Å². The Bertz CT molecular complexity index is 191. The number of aliphatic hydroxyl groups is 1. The lowest BCUT2D eigenvalue weighted by Crippen LogP contribution is -2.02. The van der Waals surface area contributed by atoms with Gasteiger partial charge in [0.15, 0.2) is 0 Å². The van der Waals surface area contributed by atoms with Crippen molar-refractivity contribution in [3.63, 3.8) is 0 Å². The van der Waals surface area contributed by atoms with E-state index in [-0.39, 0.29) is 6.10 Å². The summed E-state index contributed by atoms with van der Waals surface area (Å²) in [6.07, 6.45) is 9.51. The summed E-state index contributed by atoms with van der Waals surface area (Å²) >= 11 is 0. The Morgan fingerprint density at radius 1 is 1.40 bits per heavy atom. The highest BCUT2D eigenvalue weighted by Crippen LogP contribution is 2.28. The third-order valence-electron chi connectivity index (χ3n) is 3.12. The first-order chi connectivity index (χ1) is 7.22. The van der Waals surface area contributed by atoms with Gasteiger partial charge in [-0.2, -0.15) is 0 Å². The molecular weight excluding hydrogens is 191 g/mol. The SMILES string of the molecule is CCCCCC(O)/C=C/[C@H]1CCC(F)C1. The molecule has 0 spiro atoms. The van der Waals surface area contributed by atoms with E-state index in [4.69, 9.17) is 0 Å². The van der Waals surface area contributed by atoms with Crippen LogP contribution in [-0.2, 0) is 0 Å². The maximum absolute atomic E-state index is 12.9. The van der Waals surface area contributed by atoms with Crippen molar-refractivity contribution in [1.29, 1.82) is 0 Å². The predicted molar refractivity (Wildman–Crippen MR) is 61.5 cm³/mol. The van der Waals surface area contributed by atoms with Gasteiger partial charge in [-0.1, -0.05) is 38.3 Å². The Morgan fingerprint density at radius 3 is 2.80 bits per heavy atom. The van der Waals surface area contributed by atoms with Crippen LogP contribution in [0.3, 0.4) is 0 Å². The van der Waals surface area contributed by atoms with E-state index in [1.165, 1.54) is 12.8 Å². The zero-order valence-electron chi connectivity index (χ0n) is 9.66. The predicted octanol–water partition coefficient (Wildman–Crippen LogP) is 3.62. The minimum absolute atomic E-state index is 0.324. The van der Waals surface area contributed by atoms with Crippen LogP contribution in [0.15, 0.2) is 12.2 Å². The molecule has 0 amide bonds. The first-order valence-electron chi connectivity index (χ1n) is 6.22. The number of aliphatic hydroxyl groups excluding tert-OH is 1. The van der Waals surface area contributed by atoms with Crippen LogP contribution in [0.4, 0.5) is 4.39 Å². The largest absolute Gasteiger partial charge is 0.389 e. The quantitative estimate of drug-likeness (QED) is 0.529. The molecule has 1 saturated carbocycles. The highest BCUT2D eigenvalue weighted by molar-refractivity contribution is 4.96. The third kappa shape index (κ3) is 5.31. The number of alkyl halides is 1. The van der Waals surface area contributed by atoms with Crippen LogP contribution in [0, 0.1) is 5.92 Å². The Hall–Kier alpha value is -0.370. The normalized spacial score (nSPS) is 28.7. The molecule has 0 heterocycles. The summed E-state index contributed by atoms with van der Waals surface area (Å²) in [6.45, 7) is 2.15. The third-order valence-corrected chi connectivity index (χ3v) is 3.12. The average Bonchev–Trinajstić information content (AvgIpc) is 2.62. The zero-order valence-corrected chi connectivity index (χ0v) is 9.66. The van der Waals surface area contributed by atoms with Crippen LogP contribution in [0.25, 0.3) is 0 Å². The second-order valence-corrected chi connectivity index (χ2v) is 4.62. The molecule has 2 heteroatoms. The van der Waals surface area contributed by atoms with Gasteiger partial charge in [-0.3, -0.25) is 0 Å². The fourth-order valence-corrected chi connectivity index (χ4v) is 2.12. The lowest BCUT2D eigenvalue weighted by atomic mass is 10.0. The molecule has 0 radical (unpaired) electrons. The molecule has 1 aliphatic rings. The number of unbranched alkanes of at least 4 members (excludes halogenated alkanes) is 2. The van der Waals surface area contributed by atoms with Gasteiger partial charge in [-0.15, -0.1) is 0 Å². The van der Waals surface area contributed by atoms with Gasteiger partial charge < -0.3 is 5.11 Å². The number of hydrogen-bond donors (Lipinski definition) is 1. The Kier molecular flexibility index (Phi) is 5.92. The summed E-state index contributed by atoms with van der Waals surface area (Å²) in [4.78, 5) is 0. The first-order valence-corrected chi connectivity index (χ1v) is 6.22. The summed E-state index contributed by atoms with van der Waals surface area (Å²) < 4.78 is 12.9. The maximum Gasteiger partial charge on any atom is 0.101 e. The number of hydrogen-bond acceptors (Lipinski definition) is 1. The molecule has 3 atom stereocenters. The highest BCUT2D eigenvalue weighted by atomic mass is 19.1. The van der Waals surface area contributed by atoms with E-state index in [9.17, 15) is 9.50 Å². The Morgan fingerprint density at radius 2 is 2.20 bits per heavy atom. The molecule has 1 nitrogen and oxygen atoms in total. The van der Waals surface area contributed by atoms with Crippen molar-refractivity contribution >= 4 is 0 Å². The van der Waals surface area contributed by atoms with Crippen molar-refractivity contribution in [2.24, 2.45) is 5.92 Å². The molecule has 2 unspecified atom stereocenters. The number of allylic oxidation sites excluding steroid dienone is 1. The Balaban J connectivity index is 2.13. The second-order valence-electron chi connectivity index (χ2n) is 4.62. The summed E-state index contributed by atoms with van der Waals surface area (Å²) in [5.41, 5.74) is 0. The van der Waals surface area contributed by atoms with E-state index in [0.29, 0.717) is 18.8 Å². The van der Waals surface area contributed by atoms with Crippen LogP contribution in [0.5, 0.6) is 0 Å². The van der Waals surface area contributed by atoms with E-state index < -0.39 is 6.17 Å². The highest BCUT2D eigenvalue weighted by Gasteiger charge is 2.21. The monoisotopic (exact) mass is 214 g/mol. The van der Waals surface area contributed by atoms with Gasteiger partial charge in [0, 0.05) is 0 Å². The maximum atomic E-state index is 12.9. The fraction of sp³-hybridized carbons (Fsp3) is 0.846.